The van der Waals surface area contributed by atoms with Gasteiger partial charge in [-0.05, 0) is 68.1 Å². The maximum Gasteiger partial charge on any atom is 0.226 e. The first-order valence-electron chi connectivity index (χ1n) is 13.0. The van der Waals surface area contributed by atoms with Crippen LogP contribution in [0.1, 0.15) is 57.1 Å². The molecule has 1 amide bonds. The number of halogens is 1. The fraction of sp³-hybridized carbons (Fsp3) is 0.571. The highest BCUT2D eigenvalue weighted by atomic mass is 79.9. The molecule has 34 heavy (non-hydrogen) atoms. The van der Waals surface area contributed by atoms with Crippen LogP contribution >= 0.6 is 15.9 Å². The molecule has 2 aromatic rings. The van der Waals surface area contributed by atoms with Crippen molar-refractivity contribution in [2.24, 2.45) is 5.92 Å². The van der Waals surface area contributed by atoms with Crippen LogP contribution in [0.5, 0.6) is 0 Å². The summed E-state index contributed by atoms with van der Waals surface area (Å²) in [7, 11) is 0. The second-order valence-electron chi connectivity index (χ2n) is 9.92. The Morgan fingerprint density at radius 3 is 2.41 bits per heavy atom. The van der Waals surface area contributed by atoms with Gasteiger partial charge in [-0.1, -0.05) is 54.4 Å². The van der Waals surface area contributed by atoms with Crippen molar-refractivity contribution in [2.75, 3.05) is 26.2 Å². The van der Waals surface area contributed by atoms with Gasteiger partial charge in [0.15, 0.2) is 0 Å². The highest BCUT2D eigenvalue weighted by Crippen LogP contribution is 2.29. The SMILES string of the molecule is CCCC1CN(Cc2ccccc2Br)C(CC)CN1C(=O)C1CCN(Cc2ccncc2)CC1. The Bertz CT molecular complexity index is 916. The van der Waals surface area contributed by atoms with Gasteiger partial charge in [-0.25, -0.2) is 0 Å². The molecule has 2 saturated heterocycles. The van der Waals surface area contributed by atoms with E-state index in [2.05, 4.69) is 85.9 Å². The summed E-state index contributed by atoms with van der Waals surface area (Å²) >= 11 is 3.73. The normalized spacial score (nSPS) is 22.7. The minimum absolute atomic E-state index is 0.167. The average molecular weight is 528 g/mol. The molecular weight excluding hydrogens is 488 g/mol. The first-order chi connectivity index (χ1) is 16.6. The van der Waals surface area contributed by atoms with Crippen molar-refractivity contribution in [3.05, 3.63) is 64.4 Å². The van der Waals surface area contributed by atoms with Gasteiger partial charge in [-0.3, -0.25) is 19.6 Å². The van der Waals surface area contributed by atoms with E-state index >= 15 is 0 Å². The van der Waals surface area contributed by atoms with E-state index in [-0.39, 0.29) is 5.92 Å². The monoisotopic (exact) mass is 526 g/mol. The van der Waals surface area contributed by atoms with Crippen molar-refractivity contribution < 1.29 is 4.79 Å². The Morgan fingerprint density at radius 1 is 1.00 bits per heavy atom. The fourth-order valence-corrected chi connectivity index (χ4v) is 6.02. The first-order valence-corrected chi connectivity index (χ1v) is 13.8. The van der Waals surface area contributed by atoms with Crippen LogP contribution in [-0.4, -0.2) is 63.9 Å². The van der Waals surface area contributed by atoms with Crippen LogP contribution in [0.3, 0.4) is 0 Å². The molecule has 6 heteroatoms. The molecule has 2 aliphatic rings. The highest BCUT2D eigenvalue weighted by Gasteiger charge is 2.38. The van der Waals surface area contributed by atoms with Gasteiger partial charge in [-0.2, -0.15) is 0 Å². The van der Waals surface area contributed by atoms with Gasteiger partial charge in [0.25, 0.3) is 0 Å². The third-order valence-electron chi connectivity index (χ3n) is 7.61. The van der Waals surface area contributed by atoms with Crippen molar-refractivity contribution in [1.29, 1.82) is 0 Å². The lowest BCUT2D eigenvalue weighted by atomic mass is 9.92. The summed E-state index contributed by atoms with van der Waals surface area (Å²) in [5.74, 6) is 0.571. The molecule has 0 bridgehead atoms. The molecule has 1 aromatic heterocycles. The van der Waals surface area contributed by atoms with Gasteiger partial charge in [-0.15, -0.1) is 0 Å². The molecule has 0 saturated carbocycles. The molecule has 0 spiro atoms. The van der Waals surface area contributed by atoms with Gasteiger partial charge >= 0.3 is 0 Å². The van der Waals surface area contributed by atoms with Crippen molar-refractivity contribution in [1.82, 2.24) is 19.7 Å². The lowest BCUT2D eigenvalue weighted by Gasteiger charge is -2.48. The predicted octanol–water partition coefficient (Wildman–Crippen LogP) is 5.35. The van der Waals surface area contributed by atoms with Crippen molar-refractivity contribution in [3.8, 4) is 0 Å². The maximum atomic E-state index is 13.8. The Kier molecular flexibility index (Phi) is 9.15. The van der Waals surface area contributed by atoms with Gasteiger partial charge < -0.3 is 4.90 Å². The van der Waals surface area contributed by atoms with Crippen LogP contribution in [0.2, 0.25) is 0 Å². The lowest BCUT2D eigenvalue weighted by Crippen LogP contribution is -2.60. The zero-order valence-electron chi connectivity index (χ0n) is 20.7. The Hall–Kier alpha value is -1.76. The summed E-state index contributed by atoms with van der Waals surface area (Å²) in [6, 6.07) is 13.4. The van der Waals surface area contributed by atoms with Crippen LogP contribution in [-0.2, 0) is 17.9 Å². The molecule has 2 unspecified atom stereocenters. The number of piperazine rings is 1. The molecule has 2 aliphatic heterocycles. The summed E-state index contributed by atoms with van der Waals surface area (Å²) in [4.78, 5) is 25.2. The minimum atomic E-state index is 0.167. The molecule has 184 valence electrons. The summed E-state index contributed by atoms with van der Waals surface area (Å²) in [5, 5.41) is 0. The fourth-order valence-electron chi connectivity index (χ4n) is 5.61. The third kappa shape index (κ3) is 6.27. The highest BCUT2D eigenvalue weighted by molar-refractivity contribution is 9.10. The van der Waals surface area contributed by atoms with Gasteiger partial charge in [0.1, 0.15) is 0 Å². The number of amides is 1. The number of hydrogen-bond donors (Lipinski definition) is 0. The van der Waals surface area contributed by atoms with E-state index in [4.69, 9.17) is 0 Å². The maximum absolute atomic E-state index is 13.8. The first kappa shape index (κ1) is 25.3. The topological polar surface area (TPSA) is 39.7 Å². The zero-order chi connectivity index (χ0) is 23.9. The number of aromatic nitrogens is 1. The van der Waals surface area contributed by atoms with E-state index in [0.717, 1.165) is 71.4 Å². The Labute approximate surface area is 213 Å². The lowest BCUT2D eigenvalue weighted by molar-refractivity contribution is -0.144. The smallest absolute Gasteiger partial charge is 0.226 e. The Morgan fingerprint density at radius 2 is 1.74 bits per heavy atom. The number of hydrogen-bond acceptors (Lipinski definition) is 4. The molecule has 0 radical (unpaired) electrons. The number of piperidine rings is 1. The van der Waals surface area contributed by atoms with E-state index in [9.17, 15) is 4.79 Å². The summed E-state index contributed by atoms with van der Waals surface area (Å²) in [6.07, 6.45) is 8.92. The number of nitrogens with zero attached hydrogens (tertiary/aromatic N) is 4. The molecule has 1 aromatic carbocycles. The largest absolute Gasteiger partial charge is 0.337 e. The molecule has 0 aliphatic carbocycles. The minimum Gasteiger partial charge on any atom is -0.337 e. The number of carbonyl (C=O) groups is 1. The van der Waals surface area contributed by atoms with Crippen LogP contribution in [0.15, 0.2) is 53.3 Å². The van der Waals surface area contributed by atoms with Gasteiger partial charge in [0.05, 0.1) is 0 Å². The average Bonchev–Trinajstić information content (AvgIpc) is 2.86. The predicted molar refractivity (Wildman–Crippen MR) is 141 cm³/mol. The second-order valence-corrected chi connectivity index (χ2v) is 10.8. The summed E-state index contributed by atoms with van der Waals surface area (Å²) in [5.41, 5.74) is 2.63. The van der Waals surface area contributed by atoms with Crippen LogP contribution in [0.4, 0.5) is 0 Å². The van der Waals surface area contributed by atoms with Gasteiger partial charge in [0, 0.05) is 61.0 Å². The van der Waals surface area contributed by atoms with Crippen molar-refractivity contribution in [2.45, 2.75) is 71.1 Å². The molecule has 0 N–H and O–H groups in total. The van der Waals surface area contributed by atoms with Crippen molar-refractivity contribution in [3.63, 3.8) is 0 Å². The zero-order valence-corrected chi connectivity index (χ0v) is 22.3. The van der Waals surface area contributed by atoms with Crippen LogP contribution in [0.25, 0.3) is 0 Å². The number of carbonyl (C=O) groups excluding carboxylic acids is 1. The van der Waals surface area contributed by atoms with Crippen molar-refractivity contribution >= 4 is 21.8 Å². The molecule has 2 fully saturated rings. The van der Waals surface area contributed by atoms with E-state index in [0.29, 0.717) is 18.0 Å². The molecule has 2 atom stereocenters. The standard InChI is InChI=1S/C28H39BrN4O/c1-3-7-26-20-32(19-24-8-5-6-9-27(24)29)25(4-2)21-33(26)28(34)23-12-16-31(17-13-23)18-22-10-14-30-15-11-22/h5-6,8-11,14-15,23,25-26H,3-4,7,12-13,16-21H2,1-2H3. The van der Waals surface area contributed by atoms with Crippen LogP contribution in [0, 0.1) is 5.92 Å². The summed E-state index contributed by atoms with van der Waals surface area (Å²) in [6.45, 7) is 10.2. The van der Waals surface area contributed by atoms with E-state index in [1.807, 2.05) is 12.4 Å². The molecular formula is C28H39BrN4O. The molecule has 3 heterocycles. The third-order valence-corrected chi connectivity index (χ3v) is 8.38. The van der Waals surface area contributed by atoms with Crippen LogP contribution < -0.4 is 0 Å². The molecule has 5 nitrogen and oxygen atoms in total. The van der Waals surface area contributed by atoms with Gasteiger partial charge in [0.2, 0.25) is 5.91 Å². The second kappa shape index (κ2) is 12.3. The number of rotatable bonds is 8. The quantitative estimate of drug-likeness (QED) is 0.464. The molecule has 4 rings (SSSR count). The van der Waals surface area contributed by atoms with E-state index in [1.165, 1.54) is 15.6 Å². The Balaban J connectivity index is 1.38. The summed E-state index contributed by atoms with van der Waals surface area (Å²) < 4.78 is 1.17. The van der Waals surface area contributed by atoms with E-state index in [1.54, 1.807) is 0 Å². The number of benzene rings is 1. The number of likely N-dealkylation sites (tertiary alicyclic amines) is 1. The number of pyridine rings is 1. The van der Waals surface area contributed by atoms with E-state index < -0.39 is 0 Å².